The molecule has 0 saturated heterocycles. The van der Waals surface area contributed by atoms with E-state index in [-0.39, 0.29) is 23.0 Å². The van der Waals surface area contributed by atoms with E-state index in [1.165, 1.54) is 162 Å². The predicted molar refractivity (Wildman–Crippen MR) is 408 cm³/mol. The van der Waals surface area contributed by atoms with Gasteiger partial charge < -0.3 is 18.9 Å². The summed E-state index contributed by atoms with van der Waals surface area (Å²) in [5.74, 6) is 0. The molecule has 0 atom stereocenters. The highest BCUT2D eigenvalue weighted by molar-refractivity contribution is 7.26. The van der Waals surface area contributed by atoms with E-state index in [1.54, 1.807) is 0 Å². The molecule has 4 aromatic heterocycles. The van der Waals surface area contributed by atoms with Crippen molar-refractivity contribution < 1.29 is 0 Å². The molecule has 6 heterocycles. The van der Waals surface area contributed by atoms with Crippen molar-refractivity contribution in [1.29, 1.82) is 0 Å². The Kier molecular flexibility index (Phi) is 13.3. The lowest BCUT2D eigenvalue weighted by molar-refractivity contribution is 0.590. The fourth-order valence-electron chi connectivity index (χ4n) is 15.8. The Balaban J connectivity index is 1.01. The monoisotopic (exact) mass is 1240 g/mol. The van der Waals surface area contributed by atoms with Gasteiger partial charge in [-0.05, 0) is 195 Å². The summed E-state index contributed by atoms with van der Waals surface area (Å²) in [6.45, 7) is 25.8. The summed E-state index contributed by atoms with van der Waals surface area (Å²) in [7, 11) is 0. The third kappa shape index (κ3) is 9.10. The van der Waals surface area contributed by atoms with Crippen molar-refractivity contribution in [3.05, 3.63) is 234 Å². The normalized spacial score (nSPS) is 13.5. The minimum atomic E-state index is -0.219. The average Bonchev–Trinajstić information content (AvgIpc) is 1.48. The Bertz CT molecular complexity index is 5260. The summed E-state index contributed by atoms with van der Waals surface area (Å²) in [4.78, 5) is 5.53. The number of unbranched alkanes of at least 4 members (excludes halogenated alkanes) is 2. The maximum Gasteiger partial charge on any atom is 0.252 e. The van der Waals surface area contributed by atoms with Gasteiger partial charge in [-0.3, -0.25) is 0 Å². The summed E-state index contributed by atoms with van der Waals surface area (Å²) in [6.07, 6.45) is 6.36. The molecule has 0 bridgehead atoms. The second-order valence-electron chi connectivity index (χ2n) is 29.8. The second-order valence-corrected chi connectivity index (χ2v) is 32.0. The molecule has 458 valence electrons. The van der Waals surface area contributed by atoms with Crippen LogP contribution in [-0.4, -0.2) is 15.8 Å². The van der Waals surface area contributed by atoms with Gasteiger partial charge in [-0.1, -0.05) is 186 Å². The van der Waals surface area contributed by atoms with Crippen LogP contribution in [0.1, 0.15) is 130 Å². The Morgan fingerprint density at radius 1 is 0.323 bits per heavy atom. The van der Waals surface area contributed by atoms with E-state index in [4.69, 9.17) is 0 Å². The smallest absolute Gasteiger partial charge is 0.252 e. The highest BCUT2D eigenvalue weighted by atomic mass is 32.1. The molecule has 17 rings (SSSR count). The fourth-order valence-corrected chi connectivity index (χ4v) is 18.1. The topological polar surface area (TPSA) is 16.3 Å². The number of para-hydroxylation sites is 2. The standard InChI is InChI=1S/C86H79BN4S2/c1-12-14-24-52-42-81-65(61-28-18-22-32-79(61)92-81)50-73(52)90-75-48-57(88-69-30-20-16-26-59(69)63-44-54(84(3,4)5)34-40-71(63)88)36-38-67(75)87-68-39-37-58(89-70-31-21-17-27-60(70)64-45-55(85(6,7)8)35-41-72(64)89)49-76(68)91(78-47-56(86(9,10)11)46-77(90)83(78)87)74-51-66-62-29-19-23-33-80(62)93-82(66)43-53(74)25-15-13-2/h16-23,26-51H,12-15,24-25H2,1-11H3. The van der Waals surface area contributed by atoms with Gasteiger partial charge in [-0.25, -0.2) is 0 Å². The van der Waals surface area contributed by atoms with Gasteiger partial charge in [-0.15, -0.1) is 22.7 Å². The van der Waals surface area contributed by atoms with Gasteiger partial charge in [0.25, 0.3) is 6.71 Å². The molecule has 4 nitrogen and oxygen atoms in total. The molecule has 11 aromatic carbocycles. The van der Waals surface area contributed by atoms with Crippen molar-refractivity contribution in [2.24, 2.45) is 0 Å². The van der Waals surface area contributed by atoms with E-state index in [0.717, 1.165) is 49.9 Å². The van der Waals surface area contributed by atoms with E-state index in [9.17, 15) is 0 Å². The van der Waals surface area contributed by atoms with E-state index in [0.29, 0.717) is 0 Å². The van der Waals surface area contributed by atoms with Gasteiger partial charge in [0.1, 0.15) is 0 Å². The SMILES string of the molecule is CCCCc1cc2sc3ccccc3c2cc1N1c2cc(-n3c4ccccc4c4cc(C(C)(C)C)ccc43)ccc2B2c3ccc(-n4c5ccccc5c5cc(C(C)(C)C)ccc54)cc3N(c3cc4c(cc3CCCC)sc3ccccc34)c3cc(C(C)(C)C)cc1c32. The van der Waals surface area contributed by atoms with Crippen LogP contribution in [0.15, 0.2) is 206 Å². The van der Waals surface area contributed by atoms with Crippen LogP contribution >= 0.6 is 22.7 Å². The van der Waals surface area contributed by atoms with Crippen LogP contribution in [0, 0.1) is 0 Å². The number of thiophene rings is 2. The highest BCUT2D eigenvalue weighted by Crippen LogP contribution is 2.52. The van der Waals surface area contributed by atoms with Gasteiger partial charge in [0, 0.05) is 107 Å². The zero-order valence-electron chi connectivity index (χ0n) is 55.6. The molecule has 2 aliphatic rings. The first-order valence-corrected chi connectivity index (χ1v) is 35.6. The van der Waals surface area contributed by atoms with Crippen LogP contribution < -0.4 is 26.2 Å². The number of benzene rings is 11. The predicted octanol–water partition coefficient (Wildman–Crippen LogP) is 23.3. The number of aromatic nitrogens is 2. The second kappa shape index (κ2) is 21.3. The van der Waals surface area contributed by atoms with Crippen molar-refractivity contribution >= 4 is 164 Å². The van der Waals surface area contributed by atoms with Gasteiger partial charge in [0.2, 0.25) is 0 Å². The number of rotatable bonds is 10. The van der Waals surface area contributed by atoms with E-state index >= 15 is 0 Å². The Morgan fingerprint density at radius 3 is 1.14 bits per heavy atom. The molecule has 7 heteroatoms. The average molecular weight is 1240 g/mol. The molecule has 0 spiro atoms. The van der Waals surface area contributed by atoms with Gasteiger partial charge >= 0.3 is 0 Å². The lowest BCUT2D eigenvalue weighted by Crippen LogP contribution is -2.61. The Morgan fingerprint density at radius 2 is 0.720 bits per heavy atom. The molecule has 15 aromatic rings. The number of aryl methyl sites for hydroxylation is 2. The van der Waals surface area contributed by atoms with E-state index in [2.05, 4.69) is 301 Å². The summed E-state index contributed by atoms with van der Waals surface area (Å²) < 4.78 is 10.5. The maximum absolute atomic E-state index is 2.76. The molecule has 0 amide bonds. The zero-order chi connectivity index (χ0) is 63.6. The van der Waals surface area contributed by atoms with E-state index in [1.807, 2.05) is 22.7 Å². The first-order chi connectivity index (χ1) is 44.9. The van der Waals surface area contributed by atoms with Crippen LogP contribution in [0.25, 0.3) is 95.3 Å². The number of hydrogen-bond acceptors (Lipinski definition) is 4. The zero-order valence-corrected chi connectivity index (χ0v) is 57.2. The molecular formula is C86H79BN4S2. The molecule has 0 fully saturated rings. The minimum Gasteiger partial charge on any atom is -0.311 e. The fraction of sp³-hybridized carbons (Fsp3) is 0.233. The van der Waals surface area contributed by atoms with Crippen LogP contribution in [0.3, 0.4) is 0 Å². The van der Waals surface area contributed by atoms with Crippen molar-refractivity contribution in [3.63, 3.8) is 0 Å². The Labute approximate surface area is 555 Å². The molecular weight excluding hydrogens is 1160 g/mol. The first-order valence-electron chi connectivity index (χ1n) is 34.0. The van der Waals surface area contributed by atoms with Gasteiger partial charge in [0.15, 0.2) is 0 Å². The number of nitrogens with zero attached hydrogens (tertiary/aromatic N) is 4. The van der Waals surface area contributed by atoms with Crippen LogP contribution in [0.4, 0.5) is 34.1 Å². The minimum absolute atomic E-state index is 0.000575. The van der Waals surface area contributed by atoms with Crippen molar-refractivity contribution in [3.8, 4) is 11.4 Å². The summed E-state index contributed by atoms with van der Waals surface area (Å²) in [5.41, 5.74) is 25.3. The summed E-state index contributed by atoms with van der Waals surface area (Å²) in [5, 5.41) is 10.4. The quantitative estimate of drug-likeness (QED) is 0.127. The molecule has 0 unspecified atom stereocenters. The third-order valence-electron chi connectivity index (χ3n) is 20.7. The summed E-state index contributed by atoms with van der Waals surface area (Å²) in [6, 6.07) is 81.4. The van der Waals surface area contributed by atoms with Gasteiger partial charge in [-0.2, -0.15) is 0 Å². The van der Waals surface area contributed by atoms with Crippen LogP contribution in [0.2, 0.25) is 0 Å². The highest BCUT2D eigenvalue weighted by Gasteiger charge is 2.45. The van der Waals surface area contributed by atoms with Crippen molar-refractivity contribution in [1.82, 2.24) is 9.13 Å². The molecule has 0 aliphatic carbocycles. The van der Waals surface area contributed by atoms with E-state index < -0.39 is 0 Å². The lowest BCUT2D eigenvalue weighted by atomic mass is 9.33. The summed E-state index contributed by atoms with van der Waals surface area (Å²) >= 11 is 3.87. The third-order valence-corrected chi connectivity index (χ3v) is 23.0. The number of fused-ring (bicyclic) bond motifs is 16. The molecule has 0 N–H and O–H groups in total. The maximum atomic E-state index is 2.76. The molecule has 0 radical (unpaired) electrons. The van der Waals surface area contributed by atoms with Crippen molar-refractivity contribution in [2.45, 2.75) is 131 Å². The van der Waals surface area contributed by atoms with Crippen LogP contribution in [-0.2, 0) is 29.1 Å². The Hall–Kier alpha value is -8.88. The molecule has 93 heavy (non-hydrogen) atoms. The number of anilines is 6. The molecule has 0 saturated carbocycles. The lowest BCUT2D eigenvalue weighted by Gasteiger charge is -2.46. The van der Waals surface area contributed by atoms with Crippen LogP contribution in [0.5, 0.6) is 0 Å². The largest absolute Gasteiger partial charge is 0.311 e. The first kappa shape index (κ1) is 58.0. The van der Waals surface area contributed by atoms with Gasteiger partial charge in [0.05, 0.1) is 22.1 Å². The number of hydrogen-bond donors (Lipinski definition) is 0. The van der Waals surface area contributed by atoms with Crippen molar-refractivity contribution in [2.75, 3.05) is 9.80 Å². The molecule has 2 aliphatic heterocycles.